The Morgan fingerprint density at radius 1 is 1.73 bits per heavy atom. The first-order valence-electron chi connectivity index (χ1n) is 3.60. The predicted octanol–water partition coefficient (Wildman–Crippen LogP) is -0.0127. The van der Waals surface area contributed by atoms with Crippen LogP contribution < -0.4 is 5.32 Å². The van der Waals surface area contributed by atoms with Gasteiger partial charge in [-0.25, -0.2) is 0 Å². The van der Waals surface area contributed by atoms with E-state index in [1.165, 1.54) is 0 Å². The molecule has 0 aromatic heterocycles. The lowest BCUT2D eigenvalue weighted by molar-refractivity contribution is -0.109. The van der Waals surface area contributed by atoms with Gasteiger partial charge in [-0.05, 0) is 13.8 Å². The molecule has 2 atom stereocenters. The molecule has 1 rings (SSSR count). The van der Waals surface area contributed by atoms with Crippen molar-refractivity contribution < 1.29 is 9.90 Å². The number of aliphatic hydroxyl groups is 1. The molecule has 1 aliphatic heterocycles. The number of hydrogen-bond acceptors (Lipinski definition) is 4. The van der Waals surface area contributed by atoms with E-state index in [4.69, 9.17) is 5.11 Å². The van der Waals surface area contributed by atoms with Crippen LogP contribution in [0.15, 0.2) is 0 Å². The Morgan fingerprint density at radius 2 is 2.36 bits per heavy atom. The Morgan fingerprint density at radius 3 is 2.64 bits per heavy atom. The smallest absolute Gasteiger partial charge is 0.138 e. The second-order valence-electron chi connectivity index (χ2n) is 3.17. The average molecular weight is 175 g/mol. The summed E-state index contributed by atoms with van der Waals surface area (Å²) < 4.78 is -0.0881. The van der Waals surface area contributed by atoms with Crippen molar-refractivity contribution in [1.82, 2.24) is 5.32 Å². The number of hydrogen-bond donors (Lipinski definition) is 2. The summed E-state index contributed by atoms with van der Waals surface area (Å²) in [6.07, 6.45) is 0.905. The van der Waals surface area contributed by atoms with E-state index < -0.39 is 0 Å². The van der Waals surface area contributed by atoms with Gasteiger partial charge in [0.1, 0.15) is 6.29 Å². The fourth-order valence-electron chi connectivity index (χ4n) is 1.17. The normalized spacial score (nSPS) is 35.5. The lowest BCUT2D eigenvalue weighted by Crippen LogP contribution is -2.40. The minimum atomic E-state index is -0.135. The van der Waals surface area contributed by atoms with Gasteiger partial charge in [0.05, 0.1) is 18.0 Å². The quantitative estimate of drug-likeness (QED) is 0.579. The van der Waals surface area contributed by atoms with Gasteiger partial charge in [-0.15, -0.1) is 11.8 Å². The molecule has 0 saturated carbocycles. The van der Waals surface area contributed by atoms with E-state index in [1.807, 2.05) is 13.8 Å². The topological polar surface area (TPSA) is 49.3 Å². The Labute approximate surface area is 70.6 Å². The zero-order valence-electron chi connectivity index (χ0n) is 6.70. The number of aldehydes is 1. The van der Waals surface area contributed by atoms with Crippen molar-refractivity contribution >= 4 is 18.0 Å². The van der Waals surface area contributed by atoms with Crippen LogP contribution in [-0.2, 0) is 4.79 Å². The molecular formula is C7H13NO2S. The standard InChI is InChI=1S/C7H13NO2S/c1-7(2)5(3-9)8-6(4-10)11-7/h3,5-6,8,10H,4H2,1-2H3. The third kappa shape index (κ3) is 1.75. The SMILES string of the molecule is CC1(C)SC(CO)NC1C=O. The minimum absolute atomic E-state index is 0.0141. The number of carbonyl (C=O) groups is 1. The largest absolute Gasteiger partial charge is 0.394 e. The van der Waals surface area contributed by atoms with Gasteiger partial charge < -0.3 is 9.90 Å². The van der Waals surface area contributed by atoms with E-state index >= 15 is 0 Å². The van der Waals surface area contributed by atoms with Gasteiger partial charge >= 0.3 is 0 Å². The van der Waals surface area contributed by atoms with Crippen LogP contribution in [0.1, 0.15) is 13.8 Å². The van der Waals surface area contributed by atoms with Gasteiger partial charge in [0.25, 0.3) is 0 Å². The summed E-state index contributed by atoms with van der Waals surface area (Å²) in [5.41, 5.74) is 0. The summed E-state index contributed by atoms with van der Waals surface area (Å²) in [6.45, 7) is 4.08. The molecule has 2 unspecified atom stereocenters. The second-order valence-corrected chi connectivity index (χ2v) is 5.03. The van der Waals surface area contributed by atoms with E-state index in [9.17, 15) is 4.79 Å². The molecule has 64 valence electrons. The number of aliphatic hydroxyl groups excluding tert-OH is 1. The highest BCUT2D eigenvalue weighted by atomic mass is 32.2. The van der Waals surface area contributed by atoms with Crippen LogP contribution in [0.5, 0.6) is 0 Å². The lowest BCUT2D eigenvalue weighted by Gasteiger charge is -2.19. The van der Waals surface area contributed by atoms with Crippen LogP contribution in [0.25, 0.3) is 0 Å². The van der Waals surface area contributed by atoms with Crippen LogP contribution in [0.4, 0.5) is 0 Å². The first-order chi connectivity index (χ1) is 5.10. The third-order valence-corrected chi connectivity index (χ3v) is 3.29. The molecule has 0 aromatic rings. The maximum atomic E-state index is 10.5. The van der Waals surface area contributed by atoms with E-state index in [0.29, 0.717) is 0 Å². The van der Waals surface area contributed by atoms with Crippen molar-refractivity contribution in [2.45, 2.75) is 30.0 Å². The molecule has 0 spiro atoms. The van der Waals surface area contributed by atoms with Crippen LogP contribution >= 0.6 is 11.8 Å². The molecule has 0 aliphatic carbocycles. The zero-order chi connectivity index (χ0) is 8.48. The molecule has 4 heteroatoms. The summed E-state index contributed by atoms with van der Waals surface area (Å²) in [7, 11) is 0. The van der Waals surface area contributed by atoms with E-state index in [2.05, 4.69) is 5.32 Å². The average Bonchev–Trinajstić information content (AvgIpc) is 2.24. The fourth-order valence-corrected chi connectivity index (χ4v) is 2.46. The Kier molecular flexibility index (Phi) is 2.57. The minimum Gasteiger partial charge on any atom is -0.394 e. The monoisotopic (exact) mass is 175 g/mol. The maximum absolute atomic E-state index is 10.5. The molecule has 0 aromatic carbocycles. The summed E-state index contributed by atoms with van der Waals surface area (Å²) in [6, 6.07) is -0.135. The van der Waals surface area contributed by atoms with Crippen LogP contribution in [0.3, 0.4) is 0 Å². The molecule has 0 amide bonds. The maximum Gasteiger partial charge on any atom is 0.138 e. The highest BCUT2D eigenvalue weighted by molar-refractivity contribution is 8.01. The van der Waals surface area contributed by atoms with Crippen molar-refractivity contribution in [3.8, 4) is 0 Å². The van der Waals surface area contributed by atoms with Crippen molar-refractivity contribution in [1.29, 1.82) is 0 Å². The molecule has 1 fully saturated rings. The Bertz CT molecular complexity index is 161. The van der Waals surface area contributed by atoms with Gasteiger partial charge in [-0.3, -0.25) is 5.32 Å². The van der Waals surface area contributed by atoms with E-state index in [-0.39, 0.29) is 22.8 Å². The molecule has 3 nitrogen and oxygen atoms in total. The molecule has 1 aliphatic rings. The Hall–Kier alpha value is -0.0600. The van der Waals surface area contributed by atoms with Gasteiger partial charge in [0.2, 0.25) is 0 Å². The summed E-state index contributed by atoms with van der Waals surface area (Å²) >= 11 is 1.61. The molecule has 11 heavy (non-hydrogen) atoms. The highest BCUT2D eigenvalue weighted by Crippen LogP contribution is 2.36. The lowest BCUT2D eigenvalue weighted by atomic mass is 10.1. The molecule has 0 bridgehead atoms. The van der Waals surface area contributed by atoms with Crippen LogP contribution in [0.2, 0.25) is 0 Å². The highest BCUT2D eigenvalue weighted by Gasteiger charge is 2.40. The third-order valence-electron chi connectivity index (χ3n) is 1.86. The zero-order valence-corrected chi connectivity index (χ0v) is 7.52. The van der Waals surface area contributed by atoms with Crippen molar-refractivity contribution in [2.24, 2.45) is 0 Å². The first-order valence-corrected chi connectivity index (χ1v) is 4.48. The second kappa shape index (κ2) is 3.13. The number of thioether (sulfide) groups is 1. The summed E-state index contributed by atoms with van der Waals surface area (Å²) in [4.78, 5) is 10.5. The first kappa shape index (κ1) is 9.03. The molecular weight excluding hydrogens is 162 g/mol. The van der Waals surface area contributed by atoms with Crippen molar-refractivity contribution in [2.75, 3.05) is 6.61 Å². The number of nitrogens with one attached hydrogen (secondary N) is 1. The van der Waals surface area contributed by atoms with Crippen molar-refractivity contribution in [3.63, 3.8) is 0 Å². The fraction of sp³-hybridized carbons (Fsp3) is 0.857. The molecule has 0 radical (unpaired) electrons. The van der Waals surface area contributed by atoms with Crippen LogP contribution in [0, 0.1) is 0 Å². The molecule has 1 saturated heterocycles. The number of carbonyl (C=O) groups excluding carboxylic acids is 1. The van der Waals surface area contributed by atoms with Gasteiger partial charge in [0, 0.05) is 4.75 Å². The predicted molar refractivity (Wildman–Crippen MR) is 45.5 cm³/mol. The number of rotatable bonds is 2. The Balaban J connectivity index is 2.62. The summed E-state index contributed by atoms with van der Waals surface area (Å²) in [5.74, 6) is 0. The molecule has 1 heterocycles. The van der Waals surface area contributed by atoms with Crippen LogP contribution in [-0.4, -0.2) is 34.2 Å². The van der Waals surface area contributed by atoms with Gasteiger partial charge in [0.15, 0.2) is 0 Å². The van der Waals surface area contributed by atoms with E-state index in [1.54, 1.807) is 11.8 Å². The molecule has 2 N–H and O–H groups in total. The van der Waals surface area contributed by atoms with Crippen molar-refractivity contribution in [3.05, 3.63) is 0 Å². The van der Waals surface area contributed by atoms with Gasteiger partial charge in [-0.1, -0.05) is 0 Å². The van der Waals surface area contributed by atoms with Gasteiger partial charge in [-0.2, -0.15) is 0 Å². The summed E-state index contributed by atoms with van der Waals surface area (Å²) in [5, 5.41) is 11.9. The van der Waals surface area contributed by atoms with E-state index in [0.717, 1.165) is 6.29 Å².